The van der Waals surface area contributed by atoms with E-state index in [4.69, 9.17) is 4.98 Å². The van der Waals surface area contributed by atoms with Gasteiger partial charge in [-0.3, -0.25) is 4.90 Å². The summed E-state index contributed by atoms with van der Waals surface area (Å²) in [5.41, 5.74) is 4.21. The molecule has 0 spiro atoms. The van der Waals surface area contributed by atoms with Crippen molar-refractivity contribution in [1.29, 1.82) is 0 Å². The summed E-state index contributed by atoms with van der Waals surface area (Å²) in [7, 11) is 1.69. The lowest BCUT2D eigenvalue weighted by atomic mass is 10.1. The van der Waals surface area contributed by atoms with Gasteiger partial charge >= 0.3 is 0 Å². The van der Waals surface area contributed by atoms with Gasteiger partial charge in [-0.15, -0.1) is 0 Å². The molecule has 0 amide bonds. The van der Waals surface area contributed by atoms with Crippen molar-refractivity contribution in [2.24, 2.45) is 0 Å². The van der Waals surface area contributed by atoms with Crippen LogP contribution in [0.5, 0.6) is 0 Å². The summed E-state index contributed by atoms with van der Waals surface area (Å²) in [4.78, 5) is 7.30. The third-order valence-corrected chi connectivity index (χ3v) is 6.82. The van der Waals surface area contributed by atoms with Crippen LogP contribution in [0.15, 0.2) is 47.4 Å². The first-order chi connectivity index (χ1) is 13.7. The maximum atomic E-state index is 12.5. The number of aromatic nitrogens is 2. The first-order valence-corrected chi connectivity index (χ1v) is 11.3. The lowest BCUT2D eigenvalue weighted by Crippen LogP contribution is -2.22. The molecule has 0 radical (unpaired) electrons. The van der Waals surface area contributed by atoms with Crippen LogP contribution in [-0.4, -0.2) is 48.3 Å². The van der Waals surface area contributed by atoms with Gasteiger partial charge < -0.3 is 4.57 Å². The van der Waals surface area contributed by atoms with E-state index in [1.807, 2.05) is 6.07 Å². The molecular formula is C22H30N4O2S. The second-order valence-electron chi connectivity index (χ2n) is 7.78. The molecular weight excluding hydrogens is 384 g/mol. The van der Waals surface area contributed by atoms with Crippen molar-refractivity contribution in [2.45, 2.75) is 44.8 Å². The third-order valence-electron chi connectivity index (χ3n) is 5.01. The molecule has 0 aliphatic heterocycles. The lowest BCUT2D eigenvalue weighted by molar-refractivity contribution is 0.305. The smallest absolute Gasteiger partial charge is 0.242 e. The molecule has 0 bridgehead atoms. The maximum Gasteiger partial charge on any atom is 0.242 e. The molecule has 3 aromatic rings. The van der Waals surface area contributed by atoms with Crippen molar-refractivity contribution in [2.75, 3.05) is 21.1 Å². The molecule has 29 heavy (non-hydrogen) atoms. The van der Waals surface area contributed by atoms with E-state index in [0.29, 0.717) is 6.54 Å². The average Bonchev–Trinajstić information content (AvgIpc) is 3.00. The fourth-order valence-corrected chi connectivity index (χ4v) is 4.35. The molecule has 3 rings (SSSR count). The minimum absolute atomic E-state index is 0.274. The van der Waals surface area contributed by atoms with Gasteiger partial charge in [-0.25, -0.2) is 17.7 Å². The van der Waals surface area contributed by atoms with E-state index < -0.39 is 10.0 Å². The zero-order chi connectivity index (χ0) is 21.2. The topological polar surface area (TPSA) is 58.4 Å². The van der Waals surface area contributed by atoms with Crippen LogP contribution in [0, 0.1) is 6.92 Å². The quantitative estimate of drug-likeness (QED) is 0.565. The van der Waals surface area contributed by atoms with Gasteiger partial charge in [0.05, 0.1) is 22.5 Å². The fraction of sp³-hybridized carbons (Fsp3) is 0.409. The highest BCUT2D eigenvalue weighted by Gasteiger charge is 2.20. The Labute approximate surface area is 173 Å². The Morgan fingerprint density at radius 2 is 1.69 bits per heavy atom. The first-order valence-electron chi connectivity index (χ1n) is 9.88. The molecule has 2 aromatic carbocycles. The van der Waals surface area contributed by atoms with Crippen molar-refractivity contribution in [3.8, 4) is 0 Å². The molecule has 7 heteroatoms. The van der Waals surface area contributed by atoms with Crippen LogP contribution < -0.4 is 0 Å². The van der Waals surface area contributed by atoms with Gasteiger partial charge in [0.1, 0.15) is 5.82 Å². The number of fused-ring (bicyclic) bond motifs is 1. The van der Waals surface area contributed by atoms with Gasteiger partial charge in [-0.1, -0.05) is 36.8 Å². The number of rotatable bonds is 8. The van der Waals surface area contributed by atoms with Crippen LogP contribution in [0.4, 0.5) is 0 Å². The standard InChI is InChI=1S/C22H30N4O2S/c1-6-13-26-21-12-11-19(29(27,28)24(3)4)14-20(21)23-22(26)16-25(5)15-18-9-7-17(2)8-10-18/h7-12,14H,6,13,15-16H2,1-5H3. The summed E-state index contributed by atoms with van der Waals surface area (Å²) < 4.78 is 28.4. The summed E-state index contributed by atoms with van der Waals surface area (Å²) in [6, 6.07) is 13.8. The molecule has 0 unspecified atom stereocenters. The van der Waals surface area contributed by atoms with Crippen LogP contribution in [0.3, 0.4) is 0 Å². The van der Waals surface area contributed by atoms with E-state index >= 15 is 0 Å². The van der Waals surface area contributed by atoms with Gasteiger partial charge in [-0.05, 0) is 44.2 Å². The molecule has 0 saturated heterocycles. The van der Waals surface area contributed by atoms with Crippen LogP contribution in [0.25, 0.3) is 11.0 Å². The SMILES string of the molecule is CCCn1c(CN(C)Cc2ccc(C)cc2)nc2cc(S(=O)(=O)N(C)C)ccc21. The van der Waals surface area contributed by atoms with Crippen molar-refractivity contribution in [3.05, 3.63) is 59.4 Å². The summed E-state index contributed by atoms with van der Waals surface area (Å²) >= 11 is 0. The first kappa shape index (κ1) is 21.5. The molecule has 1 aromatic heterocycles. The predicted molar refractivity (Wildman–Crippen MR) is 117 cm³/mol. The number of sulfonamides is 1. The Kier molecular flexibility index (Phi) is 6.41. The summed E-state index contributed by atoms with van der Waals surface area (Å²) in [6.07, 6.45) is 0.984. The molecule has 0 N–H and O–H groups in total. The highest BCUT2D eigenvalue weighted by atomic mass is 32.2. The molecule has 0 aliphatic rings. The van der Waals surface area contributed by atoms with Gasteiger partial charge in [0.25, 0.3) is 0 Å². The molecule has 0 saturated carbocycles. The normalized spacial score (nSPS) is 12.4. The predicted octanol–water partition coefficient (Wildman–Crippen LogP) is 3.64. The van der Waals surface area contributed by atoms with E-state index in [1.165, 1.54) is 15.4 Å². The molecule has 156 valence electrons. The minimum atomic E-state index is -3.48. The largest absolute Gasteiger partial charge is 0.327 e. The average molecular weight is 415 g/mol. The van der Waals surface area contributed by atoms with Crippen LogP contribution in [0.2, 0.25) is 0 Å². The fourth-order valence-electron chi connectivity index (χ4n) is 3.43. The van der Waals surface area contributed by atoms with Crippen molar-refractivity contribution < 1.29 is 8.42 Å². The van der Waals surface area contributed by atoms with E-state index in [1.54, 1.807) is 26.2 Å². The van der Waals surface area contributed by atoms with Crippen molar-refractivity contribution in [3.63, 3.8) is 0 Å². The van der Waals surface area contributed by atoms with E-state index in [2.05, 4.69) is 54.6 Å². The molecule has 0 atom stereocenters. The van der Waals surface area contributed by atoms with E-state index in [9.17, 15) is 8.42 Å². The Hall–Kier alpha value is -2.22. The number of hydrogen-bond donors (Lipinski definition) is 0. The molecule has 0 aliphatic carbocycles. The van der Waals surface area contributed by atoms with Gasteiger partial charge in [0.15, 0.2) is 0 Å². The lowest BCUT2D eigenvalue weighted by Gasteiger charge is -2.17. The number of benzene rings is 2. The van der Waals surface area contributed by atoms with Crippen LogP contribution in [0.1, 0.15) is 30.3 Å². The van der Waals surface area contributed by atoms with Gasteiger partial charge in [0.2, 0.25) is 10.0 Å². The Morgan fingerprint density at radius 3 is 2.31 bits per heavy atom. The van der Waals surface area contributed by atoms with Crippen molar-refractivity contribution >= 4 is 21.1 Å². The Balaban J connectivity index is 1.91. The molecule has 1 heterocycles. The number of hydrogen-bond acceptors (Lipinski definition) is 4. The van der Waals surface area contributed by atoms with E-state index in [0.717, 1.165) is 36.4 Å². The zero-order valence-electron chi connectivity index (χ0n) is 17.9. The minimum Gasteiger partial charge on any atom is -0.327 e. The Morgan fingerprint density at radius 1 is 1.00 bits per heavy atom. The summed E-state index contributed by atoms with van der Waals surface area (Å²) in [5.74, 6) is 0.955. The van der Waals surface area contributed by atoms with Gasteiger partial charge in [-0.2, -0.15) is 0 Å². The second-order valence-corrected chi connectivity index (χ2v) is 9.93. The van der Waals surface area contributed by atoms with E-state index in [-0.39, 0.29) is 4.90 Å². The van der Waals surface area contributed by atoms with Crippen LogP contribution in [-0.2, 0) is 29.7 Å². The molecule has 6 nitrogen and oxygen atoms in total. The Bertz CT molecular complexity index is 1090. The van der Waals surface area contributed by atoms with Crippen molar-refractivity contribution in [1.82, 2.24) is 18.8 Å². The maximum absolute atomic E-state index is 12.5. The zero-order valence-corrected chi connectivity index (χ0v) is 18.7. The summed E-state index contributed by atoms with van der Waals surface area (Å²) in [5, 5.41) is 0. The summed E-state index contributed by atoms with van der Waals surface area (Å²) in [6.45, 7) is 6.60. The second kappa shape index (κ2) is 8.65. The number of aryl methyl sites for hydroxylation is 2. The number of nitrogens with zero attached hydrogens (tertiary/aromatic N) is 4. The van der Waals surface area contributed by atoms with Gasteiger partial charge in [0, 0.05) is 27.2 Å². The van der Waals surface area contributed by atoms with Crippen LogP contribution >= 0.6 is 0 Å². The number of imidazole rings is 1. The third kappa shape index (κ3) is 4.69. The molecule has 0 fully saturated rings. The highest BCUT2D eigenvalue weighted by Crippen LogP contribution is 2.23. The monoisotopic (exact) mass is 414 g/mol. The highest BCUT2D eigenvalue weighted by molar-refractivity contribution is 7.89.